The Bertz CT molecular complexity index is 1130. The maximum Gasteiger partial charge on any atom is 0.255 e. The van der Waals surface area contributed by atoms with Gasteiger partial charge in [0.25, 0.3) is 11.5 Å². The molecule has 1 aromatic carbocycles. The van der Waals surface area contributed by atoms with Gasteiger partial charge in [0.05, 0.1) is 30.1 Å². The Kier molecular flexibility index (Phi) is 5.76. The molecule has 154 valence electrons. The molecule has 0 aliphatic carbocycles. The highest BCUT2D eigenvalue weighted by molar-refractivity contribution is 6.30. The number of nitrogens with zero attached hydrogens (tertiary/aromatic N) is 4. The Hall–Kier alpha value is -3.26. The molecule has 1 N–H and O–H groups in total. The third kappa shape index (κ3) is 4.04. The minimum Gasteiger partial charge on any atom is -0.496 e. The summed E-state index contributed by atoms with van der Waals surface area (Å²) in [5, 5.41) is 3.49. The van der Waals surface area contributed by atoms with Gasteiger partial charge in [-0.2, -0.15) is 0 Å². The second-order valence-electron chi connectivity index (χ2n) is 6.95. The minimum atomic E-state index is -0.421. The Morgan fingerprint density at radius 2 is 2.10 bits per heavy atom. The second-order valence-corrected chi connectivity index (χ2v) is 7.39. The number of hydrogen-bond donors (Lipinski definition) is 1. The summed E-state index contributed by atoms with van der Waals surface area (Å²) in [6, 6.07) is 7.59. The number of benzene rings is 1. The van der Waals surface area contributed by atoms with Crippen LogP contribution in [-0.4, -0.2) is 32.5 Å². The zero-order chi connectivity index (χ0) is 21.1. The monoisotopic (exact) mass is 425 g/mol. The van der Waals surface area contributed by atoms with Crippen molar-refractivity contribution in [2.75, 3.05) is 7.11 Å². The van der Waals surface area contributed by atoms with Gasteiger partial charge in [0.2, 0.25) is 0 Å². The van der Waals surface area contributed by atoms with Crippen LogP contribution in [0.1, 0.15) is 41.5 Å². The number of carbonyl (C=O) groups is 1. The van der Waals surface area contributed by atoms with E-state index in [1.807, 2.05) is 0 Å². The number of nitrogens with one attached hydrogen (secondary N) is 1. The molecular weight excluding hydrogens is 406 g/mol. The predicted molar refractivity (Wildman–Crippen MR) is 112 cm³/mol. The lowest BCUT2D eigenvalue weighted by molar-refractivity contribution is 0.0929. The Balaban J connectivity index is 1.71. The third-order valence-corrected chi connectivity index (χ3v) is 5.27. The third-order valence-electron chi connectivity index (χ3n) is 5.03. The van der Waals surface area contributed by atoms with Crippen molar-refractivity contribution in [3.63, 3.8) is 0 Å². The molecule has 0 saturated carbocycles. The fourth-order valence-corrected chi connectivity index (χ4v) is 3.72. The van der Waals surface area contributed by atoms with E-state index < -0.39 is 6.04 Å². The molecule has 1 atom stereocenters. The van der Waals surface area contributed by atoms with E-state index >= 15 is 0 Å². The number of fused-ring (bicyclic) bond motifs is 1. The molecule has 9 heteroatoms. The first-order chi connectivity index (χ1) is 14.6. The van der Waals surface area contributed by atoms with Crippen LogP contribution in [0, 0.1) is 0 Å². The van der Waals surface area contributed by atoms with Gasteiger partial charge in [0, 0.05) is 23.8 Å². The Labute approximate surface area is 177 Å². The molecule has 1 aliphatic heterocycles. The molecule has 1 amide bonds. The van der Waals surface area contributed by atoms with Gasteiger partial charge in [-0.3, -0.25) is 14.2 Å². The molecule has 2 aromatic heterocycles. The molecule has 0 radical (unpaired) electrons. The molecule has 0 spiro atoms. The molecular formula is C21H20ClN5O3. The van der Waals surface area contributed by atoms with Crippen LogP contribution in [-0.2, 0) is 6.54 Å². The summed E-state index contributed by atoms with van der Waals surface area (Å²) < 4.78 is 6.92. The lowest BCUT2D eigenvalue weighted by atomic mass is 10.1. The average molecular weight is 426 g/mol. The van der Waals surface area contributed by atoms with E-state index in [4.69, 9.17) is 21.3 Å². The van der Waals surface area contributed by atoms with Crippen molar-refractivity contribution in [3.8, 4) is 17.1 Å². The van der Waals surface area contributed by atoms with Gasteiger partial charge < -0.3 is 10.1 Å². The molecule has 4 rings (SSSR count). The zero-order valence-corrected chi connectivity index (χ0v) is 17.1. The van der Waals surface area contributed by atoms with Gasteiger partial charge in [0.1, 0.15) is 17.9 Å². The van der Waals surface area contributed by atoms with E-state index in [9.17, 15) is 9.59 Å². The second kappa shape index (κ2) is 8.62. The number of ether oxygens (including phenoxy) is 1. The van der Waals surface area contributed by atoms with Gasteiger partial charge in [-0.05, 0) is 43.5 Å². The number of rotatable bonds is 4. The van der Waals surface area contributed by atoms with Crippen LogP contribution < -0.4 is 15.6 Å². The Morgan fingerprint density at radius 1 is 1.23 bits per heavy atom. The summed E-state index contributed by atoms with van der Waals surface area (Å²) in [5.41, 5.74) is 1.21. The number of halogens is 1. The van der Waals surface area contributed by atoms with E-state index in [0.29, 0.717) is 46.5 Å². The van der Waals surface area contributed by atoms with Crippen molar-refractivity contribution >= 4 is 17.5 Å². The van der Waals surface area contributed by atoms with E-state index in [1.165, 1.54) is 19.5 Å². The molecule has 0 fully saturated rings. The van der Waals surface area contributed by atoms with Gasteiger partial charge >= 0.3 is 0 Å². The first kappa shape index (κ1) is 20.0. The van der Waals surface area contributed by atoms with Crippen molar-refractivity contribution in [3.05, 3.63) is 69.6 Å². The molecule has 3 heterocycles. The van der Waals surface area contributed by atoms with Crippen molar-refractivity contribution in [2.45, 2.75) is 31.8 Å². The summed E-state index contributed by atoms with van der Waals surface area (Å²) in [5.74, 6) is 0.590. The highest BCUT2D eigenvalue weighted by atomic mass is 35.5. The SMILES string of the molecule is COc1cc(Cl)ccc1C(=O)NC1CCCCn2c1nc(-c1ccncn1)cc2=O. The van der Waals surface area contributed by atoms with E-state index in [0.717, 1.165) is 12.8 Å². The minimum absolute atomic E-state index is 0.168. The van der Waals surface area contributed by atoms with Gasteiger partial charge in [-0.1, -0.05) is 11.6 Å². The quantitative estimate of drug-likeness (QED) is 0.689. The summed E-state index contributed by atoms with van der Waals surface area (Å²) in [7, 11) is 1.48. The van der Waals surface area contributed by atoms with E-state index in [2.05, 4.69) is 15.3 Å². The normalized spacial score (nSPS) is 15.7. The van der Waals surface area contributed by atoms with Gasteiger partial charge in [-0.15, -0.1) is 0 Å². The first-order valence-corrected chi connectivity index (χ1v) is 9.97. The fraction of sp³-hybridized carbons (Fsp3) is 0.286. The number of amides is 1. The van der Waals surface area contributed by atoms with Crippen LogP contribution in [0.5, 0.6) is 5.75 Å². The van der Waals surface area contributed by atoms with Gasteiger partial charge in [0.15, 0.2) is 0 Å². The fourth-order valence-electron chi connectivity index (χ4n) is 3.56. The molecule has 1 aliphatic rings. The van der Waals surface area contributed by atoms with Crippen LogP contribution >= 0.6 is 11.6 Å². The van der Waals surface area contributed by atoms with Crippen LogP contribution in [0.3, 0.4) is 0 Å². The number of aromatic nitrogens is 4. The maximum absolute atomic E-state index is 13.0. The highest BCUT2D eigenvalue weighted by Gasteiger charge is 2.25. The van der Waals surface area contributed by atoms with Crippen LogP contribution in [0.2, 0.25) is 5.02 Å². The van der Waals surface area contributed by atoms with E-state index in [1.54, 1.807) is 35.0 Å². The summed E-state index contributed by atoms with van der Waals surface area (Å²) in [6.07, 6.45) is 5.36. The predicted octanol–water partition coefficient (Wildman–Crippen LogP) is 3.02. The van der Waals surface area contributed by atoms with Gasteiger partial charge in [-0.25, -0.2) is 15.0 Å². The molecule has 0 bridgehead atoms. The summed E-state index contributed by atoms with van der Waals surface area (Å²) in [4.78, 5) is 38.6. The molecule has 3 aromatic rings. The molecule has 0 saturated heterocycles. The van der Waals surface area contributed by atoms with Crippen LogP contribution in [0.25, 0.3) is 11.4 Å². The lowest BCUT2D eigenvalue weighted by Crippen LogP contribution is -2.34. The summed E-state index contributed by atoms with van der Waals surface area (Å²) in [6.45, 7) is 0.557. The van der Waals surface area contributed by atoms with Crippen LogP contribution in [0.4, 0.5) is 0 Å². The summed E-state index contributed by atoms with van der Waals surface area (Å²) >= 11 is 6.00. The zero-order valence-electron chi connectivity index (χ0n) is 16.3. The standard InChI is InChI=1S/C21H20ClN5O3/c1-30-18-10-13(22)5-6-14(18)21(29)26-16-4-2-3-9-27-19(28)11-17(25-20(16)27)15-7-8-23-12-24-15/h5-8,10-12,16H,2-4,9H2,1H3,(H,26,29). The first-order valence-electron chi connectivity index (χ1n) is 9.59. The van der Waals surface area contributed by atoms with E-state index in [-0.39, 0.29) is 11.5 Å². The average Bonchev–Trinajstić information content (AvgIpc) is 2.96. The van der Waals surface area contributed by atoms with Crippen molar-refractivity contribution in [1.82, 2.24) is 24.8 Å². The Morgan fingerprint density at radius 3 is 2.87 bits per heavy atom. The maximum atomic E-state index is 13.0. The molecule has 1 unspecified atom stereocenters. The van der Waals surface area contributed by atoms with Crippen molar-refractivity contribution < 1.29 is 9.53 Å². The van der Waals surface area contributed by atoms with Crippen LogP contribution in [0.15, 0.2) is 47.7 Å². The van der Waals surface area contributed by atoms with Crippen molar-refractivity contribution in [2.24, 2.45) is 0 Å². The topological polar surface area (TPSA) is 99.0 Å². The highest BCUT2D eigenvalue weighted by Crippen LogP contribution is 2.27. The number of carbonyl (C=O) groups excluding carboxylic acids is 1. The molecule has 30 heavy (non-hydrogen) atoms. The molecule has 8 nitrogen and oxygen atoms in total. The number of methoxy groups -OCH3 is 1. The lowest BCUT2D eigenvalue weighted by Gasteiger charge is -2.20. The van der Waals surface area contributed by atoms with Crippen molar-refractivity contribution in [1.29, 1.82) is 0 Å². The number of hydrogen-bond acceptors (Lipinski definition) is 6. The smallest absolute Gasteiger partial charge is 0.255 e. The largest absolute Gasteiger partial charge is 0.496 e.